The highest BCUT2D eigenvalue weighted by Gasteiger charge is 2.11. The number of methoxy groups -OCH3 is 3. The molecule has 0 atom stereocenters. The molecule has 2 heterocycles. The van der Waals surface area contributed by atoms with Gasteiger partial charge in [-0.1, -0.05) is 6.07 Å². The van der Waals surface area contributed by atoms with Crippen LogP contribution >= 0.6 is 27.9 Å². The Bertz CT molecular complexity index is 1290. The molecule has 0 unspecified atom stereocenters. The second kappa shape index (κ2) is 9.54. The molecular formula is C23H21BrN4O3S. The van der Waals surface area contributed by atoms with Crippen molar-refractivity contribution in [2.45, 2.75) is 4.90 Å². The molecule has 0 bridgehead atoms. The van der Waals surface area contributed by atoms with Gasteiger partial charge in [0.25, 0.3) is 0 Å². The zero-order chi connectivity index (χ0) is 22.7. The van der Waals surface area contributed by atoms with Crippen LogP contribution in [-0.4, -0.2) is 31.3 Å². The Morgan fingerprint density at radius 2 is 1.72 bits per heavy atom. The van der Waals surface area contributed by atoms with E-state index in [1.807, 2.05) is 42.5 Å². The molecule has 9 heteroatoms. The van der Waals surface area contributed by atoms with Gasteiger partial charge in [0, 0.05) is 22.0 Å². The molecule has 0 aliphatic carbocycles. The summed E-state index contributed by atoms with van der Waals surface area (Å²) in [4.78, 5) is 9.83. The number of anilines is 2. The summed E-state index contributed by atoms with van der Waals surface area (Å²) < 4.78 is 20.2. The van der Waals surface area contributed by atoms with Gasteiger partial charge in [0.05, 0.1) is 31.3 Å². The van der Waals surface area contributed by atoms with Crippen molar-refractivity contribution in [3.05, 3.63) is 59.2 Å². The summed E-state index contributed by atoms with van der Waals surface area (Å²) >= 11 is 4.87. The number of rotatable bonds is 7. The lowest BCUT2D eigenvalue weighted by atomic mass is 10.0. The minimum Gasteiger partial charge on any atom is -0.493 e. The Labute approximate surface area is 198 Å². The fourth-order valence-electron chi connectivity index (χ4n) is 3.18. The molecule has 0 aliphatic heterocycles. The lowest BCUT2D eigenvalue weighted by Gasteiger charge is -2.13. The average Bonchev–Trinajstić information content (AvgIpc) is 2.82. The maximum absolute atomic E-state index is 5.90. The third-order valence-electron chi connectivity index (χ3n) is 4.81. The fourth-order valence-corrected chi connectivity index (χ4v) is 4.20. The van der Waals surface area contributed by atoms with Crippen LogP contribution in [0.25, 0.3) is 22.0 Å². The van der Waals surface area contributed by atoms with Crippen molar-refractivity contribution in [2.75, 3.05) is 31.8 Å². The number of pyridine rings is 2. The number of nitrogen functional groups attached to an aromatic ring is 1. The fraction of sp³-hybridized carbons (Fsp3) is 0.130. The molecule has 0 aliphatic rings. The molecule has 3 N–H and O–H groups in total. The first-order valence-electron chi connectivity index (χ1n) is 9.57. The number of ether oxygens (including phenoxy) is 3. The van der Waals surface area contributed by atoms with E-state index >= 15 is 0 Å². The van der Waals surface area contributed by atoms with E-state index in [9.17, 15) is 0 Å². The normalized spacial score (nSPS) is 10.8. The molecule has 4 aromatic rings. The molecule has 0 saturated heterocycles. The Morgan fingerprint density at radius 3 is 2.47 bits per heavy atom. The number of hydrogen-bond acceptors (Lipinski definition) is 8. The molecule has 0 fully saturated rings. The van der Waals surface area contributed by atoms with Crippen molar-refractivity contribution in [1.29, 1.82) is 0 Å². The minimum absolute atomic E-state index is 0.468. The van der Waals surface area contributed by atoms with Gasteiger partial charge >= 0.3 is 0 Å². The standard InChI is InChI=1S/C23H21BrN4O3S/c1-29-20-7-5-16(11-21(20)30-2)32-28-19-10-15(12-26-23(19)31-3)13-4-6-18-14(8-13)9-17(24)22(25)27-18/h4-12,28H,1-3H3,(H2,25,27). The van der Waals surface area contributed by atoms with Gasteiger partial charge in [-0.2, -0.15) is 0 Å². The second-order valence-electron chi connectivity index (χ2n) is 6.76. The molecule has 164 valence electrons. The molecule has 0 amide bonds. The maximum atomic E-state index is 5.90. The highest BCUT2D eigenvalue weighted by atomic mass is 79.9. The van der Waals surface area contributed by atoms with Crippen molar-refractivity contribution >= 4 is 50.3 Å². The van der Waals surface area contributed by atoms with Crippen LogP contribution in [0.15, 0.2) is 64.1 Å². The SMILES string of the molecule is COc1ccc(SNc2cc(-c3ccc4nc(N)c(Br)cc4c3)cnc2OC)cc1OC. The zero-order valence-electron chi connectivity index (χ0n) is 17.7. The van der Waals surface area contributed by atoms with Crippen molar-refractivity contribution < 1.29 is 14.2 Å². The summed E-state index contributed by atoms with van der Waals surface area (Å²) in [6, 6.07) is 15.7. The number of nitrogens with one attached hydrogen (secondary N) is 1. The van der Waals surface area contributed by atoms with Gasteiger partial charge in [0.2, 0.25) is 5.88 Å². The summed E-state index contributed by atoms with van der Waals surface area (Å²) in [5.41, 5.74) is 9.42. The van der Waals surface area contributed by atoms with Crippen molar-refractivity contribution in [3.8, 4) is 28.5 Å². The quantitative estimate of drug-likeness (QED) is 0.300. The molecule has 0 spiro atoms. The predicted octanol–water partition coefficient (Wildman–Crippen LogP) is 5.79. The third-order valence-corrected chi connectivity index (χ3v) is 6.25. The molecule has 4 rings (SSSR count). The first-order valence-corrected chi connectivity index (χ1v) is 11.2. The molecule has 32 heavy (non-hydrogen) atoms. The number of benzene rings is 2. The van der Waals surface area contributed by atoms with Crippen molar-refractivity contribution in [2.24, 2.45) is 0 Å². The number of hydrogen-bond donors (Lipinski definition) is 2. The lowest BCUT2D eigenvalue weighted by Crippen LogP contribution is -1.97. The van der Waals surface area contributed by atoms with Crippen LogP contribution in [-0.2, 0) is 0 Å². The molecule has 2 aromatic heterocycles. The van der Waals surface area contributed by atoms with Crippen molar-refractivity contribution in [3.63, 3.8) is 0 Å². The number of aromatic nitrogens is 2. The number of fused-ring (bicyclic) bond motifs is 1. The highest BCUT2D eigenvalue weighted by Crippen LogP contribution is 2.36. The van der Waals surface area contributed by atoms with Crippen LogP contribution in [0.5, 0.6) is 17.4 Å². The number of nitrogens with zero attached hydrogens (tertiary/aromatic N) is 2. The first kappa shape index (κ1) is 22.0. The Balaban J connectivity index is 1.63. The van der Waals surface area contributed by atoms with Crippen LogP contribution in [0.3, 0.4) is 0 Å². The summed E-state index contributed by atoms with van der Waals surface area (Å²) in [6.45, 7) is 0. The van der Waals surface area contributed by atoms with Gasteiger partial charge in [0.1, 0.15) is 11.5 Å². The van der Waals surface area contributed by atoms with E-state index in [1.54, 1.807) is 27.5 Å². The summed E-state index contributed by atoms with van der Waals surface area (Å²) in [5.74, 6) is 2.31. The first-order chi connectivity index (χ1) is 15.5. The van der Waals surface area contributed by atoms with E-state index in [2.05, 4.69) is 36.7 Å². The largest absolute Gasteiger partial charge is 0.493 e. The van der Waals surface area contributed by atoms with E-state index < -0.39 is 0 Å². The smallest absolute Gasteiger partial charge is 0.237 e. The number of nitrogens with two attached hydrogens (primary N) is 1. The topological polar surface area (TPSA) is 91.5 Å². The van der Waals surface area contributed by atoms with Gasteiger partial charge in [-0.05, 0) is 75.9 Å². The summed E-state index contributed by atoms with van der Waals surface area (Å²) in [6.07, 6.45) is 1.78. The molecular weight excluding hydrogens is 492 g/mol. The van der Waals surface area contributed by atoms with E-state index in [1.165, 1.54) is 11.9 Å². The summed E-state index contributed by atoms with van der Waals surface area (Å²) in [5, 5.41) is 0.980. The van der Waals surface area contributed by atoms with Gasteiger partial charge in [-0.15, -0.1) is 0 Å². The van der Waals surface area contributed by atoms with Gasteiger partial charge in [-0.25, -0.2) is 9.97 Å². The van der Waals surface area contributed by atoms with Crippen LogP contribution in [0, 0.1) is 0 Å². The molecule has 0 radical (unpaired) electrons. The minimum atomic E-state index is 0.468. The molecule has 0 saturated carbocycles. The average molecular weight is 513 g/mol. The Morgan fingerprint density at radius 1 is 0.906 bits per heavy atom. The van der Waals surface area contributed by atoms with E-state index in [-0.39, 0.29) is 0 Å². The van der Waals surface area contributed by atoms with Crippen LogP contribution in [0.2, 0.25) is 0 Å². The zero-order valence-corrected chi connectivity index (χ0v) is 20.1. The summed E-state index contributed by atoms with van der Waals surface area (Å²) in [7, 11) is 4.82. The molecule has 2 aromatic carbocycles. The van der Waals surface area contributed by atoms with E-state index in [4.69, 9.17) is 19.9 Å². The monoisotopic (exact) mass is 512 g/mol. The third kappa shape index (κ3) is 4.53. The second-order valence-corrected chi connectivity index (χ2v) is 8.50. The number of halogens is 1. The molecule has 7 nitrogen and oxygen atoms in total. The van der Waals surface area contributed by atoms with E-state index in [0.29, 0.717) is 23.2 Å². The maximum Gasteiger partial charge on any atom is 0.237 e. The van der Waals surface area contributed by atoms with Gasteiger partial charge in [0.15, 0.2) is 11.5 Å². The van der Waals surface area contributed by atoms with Gasteiger partial charge < -0.3 is 24.7 Å². The van der Waals surface area contributed by atoms with Crippen LogP contribution in [0.1, 0.15) is 0 Å². The lowest BCUT2D eigenvalue weighted by molar-refractivity contribution is 0.354. The van der Waals surface area contributed by atoms with Crippen molar-refractivity contribution in [1.82, 2.24) is 9.97 Å². The Kier molecular flexibility index (Phi) is 6.57. The predicted molar refractivity (Wildman–Crippen MR) is 133 cm³/mol. The van der Waals surface area contributed by atoms with Crippen LogP contribution < -0.4 is 24.7 Å². The van der Waals surface area contributed by atoms with Gasteiger partial charge in [-0.3, -0.25) is 0 Å². The van der Waals surface area contributed by atoms with E-state index in [0.717, 1.165) is 37.1 Å². The Hall–Kier alpha value is -3.17. The highest BCUT2D eigenvalue weighted by molar-refractivity contribution is 9.10. The van der Waals surface area contributed by atoms with Crippen LogP contribution in [0.4, 0.5) is 11.5 Å².